The van der Waals surface area contributed by atoms with Crippen molar-refractivity contribution >= 4 is 17.0 Å². The predicted molar refractivity (Wildman–Crippen MR) is 77.3 cm³/mol. The van der Waals surface area contributed by atoms with E-state index in [4.69, 9.17) is 0 Å². The Morgan fingerprint density at radius 3 is 2.89 bits per heavy atom. The van der Waals surface area contributed by atoms with Gasteiger partial charge in [-0.3, -0.25) is 0 Å². The standard InChI is InChI=1S/C14H16N4S/c1-10-9-19-14(16-10)8-15-7-12-11(2)17-13-5-3-4-6-18(12)13/h3-6,9,15H,7-8H2,1-2H3. The molecule has 0 radical (unpaired) electrons. The second-order valence-electron chi connectivity index (χ2n) is 4.56. The van der Waals surface area contributed by atoms with Crippen LogP contribution in [0.25, 0.3) is 5.65 Å². The third-order valence-electron chi connectivity index (χ3n) is 3.06. The van der Waals surface area contributed by atoms with Gasteiger partial charge in [-0.1, -0.05) is 6.07 Å². The molecular weight excluding hydrogens is 256 g/mol. The van der Waals surface area contributed by atoms with Crippen LogP contribution in [-0.4, -0.2) is 14.4 Å². The van der Waals surface area contributed by atoms with Crippen molar-refractivity contribution in [3.63, 3.8) is 0 Å². The molecule has 0 bridgehead atoms. The number of hydrogen-bond acceptors (Lipinski definition) is 4. The molecule has 0 aliphatic rings. The Morgan fingerprint density at radius 2 is 2.11 bits per heavy atom. The summed E-state index contributed by atoms with van der Waals surface area (Å²) in [6.07, 6.45) is 2.06. The molecule has 0 aromatic carbocycles. The Hall–Kier alpha value is -1.72. The first-order chi connectivity index (χ1) is 9.24. The molecule has 3 aromatic heterocycles. The minimum absolute atomic E-state index is 0.801. The molecule has 3 heterocycles. The normalized spacial score (nSPS) is 11.3. The molecule has 0 unspecified atom stereocenters. The first kappa shape index (κ1) is 12.3. The van der Waals surface area contributed by atoms with Crippen molar-refractivity contribution in [3.05, 3.63) is 51.9 Å². The Labute approximate surface area is 116 Å². The van der Waals surface area contributed by atoms with Crippen molar-refractivity contribution in [3.8, 4) is 0 Å². The topological polar surface area (TPSA) is 42.2 Å². The first-order valence-corrected chi connectivity index (χ1v) is 7.16. The summed E-state index contributed by atoms with van der Waals surface area (Å²) in [5.41, 5.74) is 4.38. The molecule has 0 aliphatic carbocycles. The van der Waals surface area contributed by atoms with E-state index in [0.29, 0.717) is 0 Å². The zero-order valence-corrected chi connectivity index (χ0v) is 11.9. The van der Waals surface area contributed by atoms with Crippen LogP contribution < -0.4 is 5.32 Å². The molecule has 0 saturated carbocycles. The lowest BCUT2D eigenvalue weighted by Crippen LogP contribution is -2.14. The predicted octanol–water partition coefficient (Wildman–Crippen LogP) is 2.70. The monoisotopic (exact) mass is 272 g/mol. The van der Waals surface area contributed by atoms with Gasteiger partial charge in [0.25, 0.3) is 0 Å². The van der Waals surface area contributed by atoms with Crippen molar-refractivity contribution < 1.29 is 0 Å². The minimum Gasteiger partial charge on any atom is -0.305 e. The summed E-state index contributed by atoms with van der Waals surface area (Å²) in [6.45, 7) is 5.68. The molecule has 0 spiro atoms. The number of hydrogen-bond donors (Lipinski definition) is 1. The van der Waals surface area contributed by atoms with E-state index >= 15 is 0 Å². The lowest BCUT2D eigenvalue weighted by molar-refractivity contribution is 0.668. The largest absolute Gasteiger partial charge is 0.305 e. The van der Waals surface area contributed by atoms with E-state index in [0.717, 1.165) is 35.1 Å². The van der Waals surface area contributed by atoms with Gasteiger partial charge in [0, 0.05) is 30.4 Å². The molecular formula is C14H16N4S. The van der Waals surface area contributed by atoms with E-state index in [9.17, 15) is 0 Å². The maximum absolute atomic E-state index is 4.55. The van der Waals surface area contributed by atoms with Crippen LogP contribution in [0.3, 0.4) is 0 Å². The van der Waals surface area contributed by atoms with Crippen LogP contribution in [0.4, 0.5) is 0 Å². The molecule has 0 aliphatic heterocycles. The number of aryl methyl sites for hydroxylation is 2. The fraction of sp³-hybridized carbons (Fsp3) is 0.286. The van der Waals surface area contributed by atoms with Crippen LogP contribution in [0.5, 0.6) is 0 Å². The molecule has 0 saturated heterocycles. The summed E-state index contributed by atoms with van der Waals surface area (Å²) in [4.78, 5) is 9.00. The highest BCUT2D eigenvalue weighted by Crippen LogP contribution is 2.12. The van der Waals surface area contributed by atoms with Crippen molar-refractivity contribution in [1.82, 2.24) is 19.7 Å². The Bertz CT molecular complexity index is 698. The number of pyridine rings is 1. The first-order valence-electron chi connectivity index (χ1n) is 6.28. The number of imidazole rings is 1. The van der Waals surface area contributed by atoms with Gasteiger partial charge in [0.1, 0.15) is 10.7 Å². The van der Waals surface area contributed by atoms with Gasteiger partial charge in [0.2, 0.25) is 0 Å². The fourth-order valence-electron chi connectivity index (χ4n) is 2.15. The molecule has 0 atom stereocenters. The van der Waals surface area contributed by atoms with Crippen molar-refractivity contribution in [2.24, 2.45) is 0 Å². The summed E-state index contributed by atoms with van der Waals surface area (Å²) in [5, 5.41) is 6.65. The Morgan fingerprint density at radius 1 is 1.21 bits per heavy atom. The molecule has 4 nitrogen and oxygen atoms in total. The number of fused-ring (bicyclic) bond motifs is 1. The summed E-state index contributed by atoms with van der Waals surface area (Å²) in [5.74, 6) is 0. The summed E-state index contributed by atoms with van der Waals surface area (Å²) in [6, 6.07) is 6.07. The van der Waals surface area contributed by atoms with Crippen LogP contribution >= 0.6 is 11.3 Å². The van der Waals surface area contributed by atoms with Crippen molar-refractivity contribution in [2.45, 2.75) is 26.9 Å². The summed E-state index contributed by atoms with van der Waals surface area (Å²) < 4.78 is 2.13. The zero-order valence-electron chi connectivity index (χ0n) is 11.1. The summed E-state index contributed by atoms with van der Waals surface area (Å²) in [7, 11) is 0. The van der Waals surface area contributed by atoms with Gasteiger partial charge < -0.3 is 9.72 Å². The van der Waals surface area contributed by atoms with Gasteiger partial charge >= 0.3 is 0 Å². The van der Waals surface area contributed by atoms with Gasteiger partial charge in [-0.2, -0.15) is 0 Å². The van der Waals surface area contributed by atoms with Crippen LogP contribution in [0, 0.1) is 13.8 Å². The van der Waals surface area contributed by atoms with Crippen LogP contribution in [0.2, 0.25) is 0 Å². The number of aromatic nitrogens is 3. The van der Waals surface area contributed by atoms with E-state index in [2.05, 4.69) is 38.2 Å². The smallest absolute Gasteiger partial charge is 0.137 e. The van der Waals surface area contributed by atoms with E-state index in [1.165, 1.54) is 5.69 Å². The molecule has 98 valence electrons. The average molecular weight is 272 g/mol. The zero-order chi connectivity index (χ0) is 13.2. The second kappa shape index (κ2) is 5.11. The lowest BCUT2D eigenvalue weighted by Gasteiger charge is -2.04. The third-order valence-corrected chi connectivity index (χ3v) is 4.03. The van der Waals surface area contributed by atoms with Crippen molar-refractivity contribution in [2.75, 3.05) is 0 Å². The maximum Gasteiger partial charge on any atom is 0.137 e. The highest BCUT2D eigenvalue weighted by Gasteiger charge is 2.07. The molecule has 3 aromatic rings. The number of nitrogens with zero attached hydrogens (tertiary/aromatic N) is 3. The fourth-order valence-corrected chi connectivity index (χ4v) is 2.89. The lowest BCUT2D eigenvalue weighted by atomic mass is 10.3. The molecule has 0 amide bonds. The highest BCUT2D eigenvalue weighted by molar-refractivity contribution is 7.09. The van der Waals surface area contributed by atoms with Gasteiger partial charge in [-0.05, 0) is 26.0 Å². The van der Waals surface area contributed by atoms with E-state index < -0.39 is 0 Å². The molecule has 1 N–H and O–H groups in total. The quantitative estimate of drug-likeness (QED) is 0.794. The Balaban J connectivity index is 1.73. The van der Waals surface area contributed by atoms with Crippen LogP contribution in [0.15, 0.2) is 29.8 Å². The Kier molecular flexibility index (Phi) is 3.31. The SMILES string of the molecule is Cc1csc(CNCc2c(C)nc3ccccn23)n1. The minimum atomic E-state index is 0.801. The van der Waals surface area contributed by atoms with E-state index in [1.807, 2.05) is 25.1 Å². The molecule has 5 heteroatoms. The van der Waals surface area contributed by atoms with Gasteiger partial charge in [-0.25, -0.2) is 9.97 Å². The second-order valence-corrected chi connectivity index (χ2v) is 5.50. The number of thiazole rings is 1. The molecule has 19 heavy (non-hydrogen) atoms. The molecule has 0 fully saturated rings. The van der Waals surface area contributed by atoms with Crippen molar-refractivity contribution in [1.29, 1.82) is 0 Å². The van der Waals surface area contributed by atoms with Crippen LogP contribution in [0.1, 0.15) is 22.1 Å². The molecule has 3 rings (SSSR count). The van der Waals surface area contributed by atoms with Gasteiger partial charge in [0.15, 0.2) is 0 Å². The van der Waals surface area contributed by atoms with Crippen LogP contribution in [-0.2, 0) is 13.1 Å². The average Bonchev–Trinajstić information content (AvgIpc) is 2.94. The van der Waals surface area contributed by atoms with Gasteiger partial charge in [-0.15, -0.1) is 11.3 Å². The maximum atomic E-state index is 4.55. The highest BCUT2D eigenvalue weighted by atomic mass is 32.1. The summed E-state index contributed by atoms with van der Waals surface area (Å²) >= 11 is 1.70. The van der Waals surface area contributed by atoms with Gasteiger partial charge in [0.05, 0.1) is 11.4 Å². The van der Waals surface area contributed by atoms with E-state index in [1.54, 1.807) is 11.3 Å². The number of rotatable bonds is 4. The van der Waals surface area contributed by atoms with E-state index in [-0.39, 0.29) is 0 Å². The third kappa shape index (κ3) is 2.52. The number of nitrogens with one attached hydrogen (secondary N) is 1.